The van der Waals surface area contributed by atoms with Crippen LogP contribution in [0.1, 0.15) is 13.8 Å². The van der Waals surface area contributed by atoms with Crippen molar-refractivity contribution in [1.82, 2.24) is 0 Å². The smallest absolute Gasteiger partial charge is 0.0645 e. The van der Waals surface area contributed by atoms with E-state index in [-0.39, 0.29) is 12.7 Å². The van der Waals surface area contributed by atoms with Crippen molar-refractivity contribution in [2.24, 2.45) is 0 Å². The van der Waals surface area contributed by atoms with Crippen LogP contribution in [-0.4, -0.2) is 37.5 Å². The summed E-state index contributed by atoms with van der Waals surface area (Å²) in [5.74, 6) is 0. The van der Waals surface area contributed by atoms with E-state index in [1.165, 1.54) is 0 Å². The van der Waals surface area contributed by atoms with Gasteiger partial charge in [-0.3, -0.25) is 0 Å². The van der Waals surface area contributed by atoms with Gasteiger partial charge in [-0.05, 0) is 26.0 Å². The van der Waals surface area contributed by atoms with Gasteiger partial charge in [-0.25, -0.2) is 0 Å². The van der Waals surface area contributed by atoms with Crippen molar-refractivity contribution in [1.29, 1.82) is 0 Å². The molecule has 0 spiro atoms. The fourth-order valence-electron chi connectivity index (χ4n) is 1.53. The fourth-order valence-corrected chi connectivity index (χ4v) is 1.53. The Balaban J connectivity index is 2.48. The minimum absolute atomic E-state index is 0.163. The summed E-state index contributed by atoms with van der Waals surface area (Å²) in [5.41, 5.74) is 1.13. The van der Waals surface area contributed by atoms with E-state index in [9.17, 15) is 0 Å². The van der Waals surface area contributed by atoms with Gasteiger partial charge in [-0.15, -0.1) is 0 Å². The highest BCUT2D eigenvalue weighted by molar-refractivity contribution is 5.45. The van der Waals surface area contributed by atoms with Crippen LogP contribution in [-0.2, 0) is 4.74 Å². The summed E-state index contributed by atoms with van der Waals surface area (Å²) in [4.78, 5) is 2.13. The first-order chi connectivity index (χ1) is 7.74. The molecule has 1 N–H and O–H groups in total. The van der Waals surface area contributed by atoms with Crippen LogP contribution < -0.4 is 4.90 Å². The number of aliphatic hydroxyl groups excluding tert-OH is 1. The molecule has 0 unspecified atom stereocenters. The van der Waals surface area contributed by atoms with Crippen molar-refractivity contribution in [3.8, 4) is 0 Å². The van der Waals surface area contributed by atoms with Crippen molar-refractivity contribution in [3.63, 3.8) is 0 Å². The van der Waals surface area contributed by atoms with Gasteiger partial charge in [0, 0.05) is 18.8 Å². The monoisotopic (exact) mass is 223 g/mol. The summed E-state index contributed by atoms with van der Waals surface area (Å²) in [6.07, 6.45) is 0.256. The van der Waals surface area contributed by atoms with Crippen LogP contribution in [0.25, 0.3) is 0 Å². The summed E-state index contributed by atoms with van der Waals surface area (Å²) in [5, 5.41) is 9.02. The highest BCUT2D eigenvalue weighted by atomic mass is 16.5. The maximum absolute atomic E-state index is 9.02. The van der Waals surface area contributed by atoms with Gasteiger partial charge in [0.2, 0.25) is 0 Å². The molecule has 0 heterocycles. The molecule has 0 saturated carbocycles. The van der Waals surface area contributed by atoms with Gasteiger partial charge in [0.25, 0.3) is 0 Å². The first-order valence-corrected chi connectivity index (χ1v) is 5.76. The number of benzene rings is 1. The number of hydrogen-bond donors (Lipinski definition) is 1. The molecule has 3 nitrogen and oxygen atoms in total. The lowest BCUT2D eigenvalue weighted by molar-refractivity contribution is 0.0836. The SMILES string of the molecule is CC(C)OCCN(CCO)c1ccccc1. The van der Waals surface area contributed by atoms with Crippen LogP contribution in [0, 0.1) is 0 Å². The molecule has 1 aromatic rings. The van der Waals surface area contributed by atoms with Gasteiger partial charge in [-0.1, -0.05) is 18.2 Å². The van der Waals surface area contributed by atoms with Crippen LogP contribution in [0.5, 0.6) is 0 Å². The highest BCUT2D eigenvalue weighted by Gasteiger charge is 2.05. The number of nitrogens with zero attached hydrogens (tertiary/aromatic N) is 1. The second-order valence-electron chi connectivity index (χ2n) is 3.97. The van der Waals surface area contributed by atoms with Crippen molar-refractivity contribution >= 4 is 5.69 Å². The van der Waals surface area contributed by atoms with E-state index in [4.69, 9.17) is 9.84 Å². The molecule has 0 atom stereocenters. The highest BCUT2D eigenvalue weighted by Crippen LogP contribution is 2.12. The first kappa shape index (κ1) is 13.0. The van der Waals surface area contributed by atoms with E-state index in [0.29, 0.717) is 13.2 Å². The van der Waals surface area contributed by atoms with E-state index in [0.717, 1.165) is 12.2 Å². The third-order valence-corrected chi connectivity index (χ3v) is 2.30. The Bertz CT molecular complexity index is 275. The quantitative estimate of drug-likeness (QED) is 0.766. The molecular weight excluding hydrogens is 202 g/mol. The van der Waals surface area contributed by atoms with Crippen LogP contribution >= 0.6 is 0 Å². The van der Waals surface area contributed by atoms with E-state index in [1.807, 2.05) is 44.2 Å². The first-order valence-electron chi connectivity index (χ1n) is 5.76. The van der Waals surface area contributed by atoms with Crippen LogP contribution in [0.3, 0.4) is 0 Å². The number of rotatable bonds is 7. The van der Waals surface area contributed by atoms with Crippen molar-refractivity contribution in [2.45, 2.75) is 20.0 Å². The molecule has 0 amide bonds. The Morgan fingerprint density at radius 2 is 1.88 bits per heavy atom. The number of anilines is 1. The topological polar surface area (TPSA) is 32.7 Å². The maximum atomic E-state index is 9.02. The van der Waals surface area contributed by atoms with Crippen LogP contribution in [0.2, 0.25) is 0 Å². The predicted octanol–water partition coefficient (Wildman–Crippen LogP) is 1.91. The minimum Gasteiger partial charge on any atom is -0.395 e. The zero-order valence-electron chi connectivity index (χ0n) is 10.1. The average molecular weight is 223 g/mol. The Kier molecular flexibility index (Phi) is 5.90. The average Bonchev–Trinajstić information content (AvgIpc) is 2.29. The van der Waals surface area contributed by atoms with Crippen LogP contribution in [0.4, 0.5) is 5.69 Å². The van der Waals surface area contributed by atoms with Gasteiger partial charge in [0.1, 0.15) is 0 Å². The minimum atomic E-state index is 0.163. The molecule has 90 valence electrons. The van der Waals surface area contributed by atoms with E-state index < -0.39 is 0 Å². The second-order valence-corrected chi connectivity index (χ2v) is 3.97. The Hall–Kier alpha value is -1.06. The summed E-state index contributed by atoms with van der Waals surface area (Å²) in [6, 6.07) is 10.1. The van der Waals surface area contributed by atoms with Gasteiger partial charge < -0.3 is 14.7 Å². The Morgan fingerprint density at radius 3 is 2.44 bits per heavy atom. The predicted molar refractivity (Wildman–Crippen MR) is 66.8 cm³/mol. The summed E-state index contributed by atoms with van der Waals surface area (Å²) >= 11 is 0. The largest absolute Gasteiger partial charge is 0.395 e. The van der Waals surface area contributed by atoms with Crippen molar-refractivity contribution in [2.75, 3.05) is 31.2 Å². The molecule has 16 heavy (non-hydrogen) atoms. The number of aliphatic hydroxyl groups is 1. The lowest BCUT2D eigenvalue weighted by Gasteiger charge is -2.24. The van der Waals surface area contributed by atoms with E-state index >= 15 is 0 Å². The van der Waals surface area contributed by atoms with Gasteiger partial charge >= 0.3 is 0 Å². The molecule has 0 aliphatic rings. The Morgan fingerprint density at radius 1 is 1.19 bits per heavy atom. The number of para-hydroxylation sites is 1. The van der Waals surface area contributed by atoms with E-state index in [1.54, 1.807) is 0 Å². The van der Waals surface area contributed by atoms with Gasteiger partial charge in [0.05, 0.1) is 19.3 Å². The molecule has 0 aliphatic heterocycles. The normalized spacial score (nSPS) is 10.8. The molecule has 0 fully saturated rings. The molecule has 3 heteroatoms. The van der Waals surface area contributed by atoms with Crippen LogP contribution in [0.15, 0.2) is 30.3 Å². The lowest BCUT2D eigenvalue weighted by Crippen LogP contribution is -2.30. The molecular formula is C13H21NO2. The van der Waals surface area contributed by atoms with Crippen molar-refractivity contribution < 1.29 is 9.84 Å². The third-order valence-electron chi connectivity index (χ3n) is 2.30. The van der Waals surface area contributed by atoms with Gasteiger partial charge in [0.15, 0.2) is 0 Å². The number of ether oxygens (including phenoxy) is 1. The summed E-state index contributed by atoms with van der Waals surface area (Å²) < 4.78 is 5.52. The molecule has 0 saturated heterocycles. The Labute approximate surface area is 97.7 Å². The zero-order chi connectivity index (χ0) is 11.8. The molecule has 1 aromatic carbocycles. The fraction of sp³-hybridized carbons (Fsp3) is 0.538. The molecule has 0 radical (unpaired) electrons. The van der Waals surface area contributed by atoms with E-state index in [2.05, 4.69) is 4.90 Å². The molecule has 1 rings (SSSR count). The summed E-state index contributed by atoms with van der Waals surface area (Å²) in [7, 11) is 0. The molecule has 0 bridgehead atoms. The maximum Gasteiger partial charge on any atom is 0.0645 e. The molecule has 0 aromatic heterocycles. The zero-order valence-corrected chi connectivity index (χ0v) is 10.1. The molecule has 0 aliphatic carbocycles. The number of hydrogen-bond acceptors (Lipinski definition) is 3. The lowest BCUT2D eigenvalue weighted by atomic mass is 10.3. The third kappa shape index (κ3) is 4.64. The standard InChI is InChI=1S/C13H21NO2/c1-12(2)16-11-9-14(8-10-15)13-6-4-3-5-7-13/h3-7,12,15H,8-11H2,1-2H3. The summed E-state index contributed by atoms with van der Waals surface area (Å²) in [6.45, 7) is 6.36. The van der Waals surface area contributed by atoms with Crippen molar-refractivity contribution in [3.05, 3.63) is 30.3 Å². The van der Waals surface area contributed by atoms with Gasteiger partial charge in [-0.2, -0.15) is 0 Å². The second kappa shape index (κ2) is 7.25.